The minimum atomic E-state index is -0.377. The van der Waals surface area contributed by atoms with Crippen molar-refractivity contribution in [3.8, 4) is 0 Å². The molecular weight excluding hydrogens is 268 g/mol. The van der Waals surface area contributed by atoms with E-state index in [1.165, 1.54) is 32.4 Å². The summed E-state index contributed by atoms with van der Waals surface area (Å²) in [4.78, 5) is 17.3. The molecule has 1 fully saturated rings. The van der Waals surface area contributed by atoms with Crippen molar-refractivity contribution in [3.63, 3.8) is 0 Å². The molecule has 1 atom stereocenters. The lowest BCUT2D eigenvalue weighted by Crippen LogP contribution is -2.35. The first-order valence-corrected chi connectivity index (χ1v) is 7.63. The van der Waals surface area contributed by atoms with Crippen LogP contribution in [0.25, 0.3) is 0 Å². The van der Waals surface area contributed by atoms with Crippen LogP contribution in [-0.2, 0) is 0 Å². The minimum absolute atomic E-state index is 0.0557. The summed E-state index contributed by atoms with van der Waals surface area (Å²) in [5.74, 6) is 0.807. The first-order valence-electron chi connectivity index (χ1n) is 7.63. The van der Waals surface area contributed by atoms with Crippen molar-refractivity contribution in [1.82, 2.24) is 9.88 Å². The Morgan fingerprint density at radius 2 is 2.14 bits per heavy atom. The number of rotatable bonds is 6. The van der Waals surface area contributed by atoms with Crippen molar-refractivity contribution in [1.29, 1.82) is 0 Å². The van der Waals surface area contributed by atoms with Gasteiger partial charge in [-0.3, -0.25) is 10.1 Å². The van der Waals surface area contributed by atoms with Crippen LogP contribution in [0.3, 0.4) is 0 Å². The van der Waals surface area contributed by atoms with E-state index in [1.807, 2.05) is 6.92 Å². The molecule has 1 aromatic heterocycles. The Balaban J connectivity index is 1.88. The predicted molar refractivity (Wildman–Crippen MR) is 83.6 cm³/mol. The number of nitrogens with zero attached hydrogens (tertiary/aromatic N) is 3. The molecule has 0 radical (unpaired) electrons. The van der Waals surface area contributed by atoms with Gasteiger partial charge in [-0.15, -0.1) is 0 Å². The van der Waals surface area contributed by atoms with E-state index < -0.39 is 0 Å². The zero-order chi connectivity index (χ0) is 15.2. The maximum Gasteiger partial charge on any atom is 0.311 e. The predicted octanol–water partition coefficient (Wildman–Crippen LogP) is 2.83. The summed E-state index contributed by atoms with van der Waals surface area (Å²) in [6.07, 6.45) is 5.56. The molecule has 21 heavy (non-hydrogen) atoms. The Labute approximate surface area is 125 Å². The van der Waals surface area contributed by atoms with E-state index in [9.17, 15) is 10.1 Å². The largest absolute Gasteiger partial charge is 0.364 e. The molecular formula is C15H24N4O2. The van der Waals surface area contributed by atoms with Gasteiger partial charge in [-0.1, -0.05) is 13.3 Å². The zero-order valence-electron chi connectivity index (χ0n) is 12.8. The van der Waals surface area contributed by atoms with Crippen molar-refractivity contribution in [2.75, 3.05) is 31.5 Å². The molecule has 0 bridgehead atoms. The number of pyridine rings is 1. The third-order valence-electron chi connectivity index (χ3n) is 3.84. The van der Waals surface area contributed by atoms with Crippen LogP contribution in [0.5, 0.6) is 0 Å². The van der Waals surface area contributed by atoms with Crippen LogP contribution in [0, 0.1) is 23.0 Å². The molecule has 116 valence electrons. The molecule has 2 heterocycles. The highest BCUT2D eigenvalue weighted by Crippen LogP contribution is 2.22. The van der Waals surface area contributed by atoms with Gasteiger partial charge in [0, 0.05) is 25.4 Å². The Kier molecular flexibility index (Phi) is 5.50. The van der Waals surface area contributed by atoms with Crippen LogP contribution >= 0.6 is 0 Å². The number of piperidine rings is 1. The van der Waals surface area contributed by atoms with Gasteiger partial charge in [-0.05, 0) is 44.3 Å². The van der Waals surface area contributed by atoms with Crippen LogP contribution in [0.2, 0.25) is 0 Å². The number of hydrogen-bond donors (Lipinski definition) is 1. The molecule has 1 unspecified atom stereocenters. The summed E-state index contributed by atoms with van der Waals surface area (Å²) >= 11 is 0. The number of likely N-dealkylation sites (tertiary alicyclic amines) is 1. The van der Waals surface area contributed by atoms with Gasteiger partial charge in [-0.25, -0.2) is 4.98 Å². The molecule has 6 heteroatoms. The molecule has 0 saturated carbocycles. The highest BCUT2D eigenvalue weighted by Gasteiger charge is 2.17. The van der Waals surface area contributed by atoms with Crippen molar-refractivity contribution in [2.45, 2.75) is 33.1 Å². The lowest BCUT2D eigenvalue weighted by molar-refractivity contribution is -0.384. The molecule has 6 nitrogen and oxygen atoms in total. The van der Waals surface area contributed by atoms with Crippen LogP contribution in [0.1, 0.15) is 31.7 Å². The van der Waals surface area contributed by atoms with E-state index in [4.69, 9.17) is 0 Å². The zero-order valence-corrected chi connectivity index (χ0v) is 12.8. The molecule has 0 aromatic carbocycles. The average Bonchev–Trinajstić information content (AvgIpc) is 2.47. The number of nitrogens with one attached hydrogen (secondary N) is 1. The minimum Gasteiger partial charge on any atom is -0.364 e. The van der Waals surface area contributed by atoms with E-state index >= 15 is 0 Å². The van der Waals surface area contributed by atoms with Crippen molar-refractivity contribution in [2.24, 2.45) is 5.92 Å². The third-order valence-corrected chi connectivity index (χ3v) is 3.84. The molecule has 0 amide bonds. The number of anilines is 1. The van der Waals surface area contributed by atoms with Gasteiger partial charge >= 0.3 is 5.69 Å². The lowest BCUT2D eigenvalue weighted by atomic mass is 10.1. The summed E-state index contributed by atoms with van der Waals surface area (Å²) in [5, 5.41) is 14.2. The number of hydrogen-bond acceptors (Lipinski definition) is 5. The summed E-state index contributed by atoms with van der Waals surface area (Å²) in [6, 6.07) is 1.56. The summed E-state index contributed by atoms with van der Waals surface area (Å²) in [6.45, 7) is 8.06. The van der Waals surface area contributed by atoms with Crippen molar-refractivity contribution >= 4 is 11.5 Å². The first kappa shape index (κ1) is 15.7. The second kappa shape index (κ2) is 7.36. The Hall–Kier alpha value is -1.69. The van der Waals surface area contributed by atoms with Gasteiger partial charge in [0.25, 0.3) is 0 Å². The van der Waals surface area contributed by atoms with Crippen LogP contribution in [0.4, 0.5) is 11.5 Å². The fraction of sp³-hybridized carbons (Fsp3) is 0.667. The molecule has 1 saturated heterocycles. The quantitative estimate of drug-likeness (QED) is 0.645. The van der Waals surface area contributed by atoms with E-state index in [0.29, 0.717) is 18.3 Å². The van der Waals surface area contributed by atoms with Gasteiger partial charge in [0.15, 0.2) is 0 Å². The van der Waals surface area contributed by atoms with Crippen LogP contribution in [-0.4, -0.2) is 41.0 Å². The molecule has 1 aromatic rings. The highest BCUT2D eigenvalue weighted by molar-refractivity contribution is 5.56. The normalized spacial score (nSPS) is 17.4. The van der Waals surface area contributed by atoms with Gasteiger partial charge in [0.2, 0.25) is 5.82 Å². The molecule has 0 aliphatic carbocycles. The fourth-order valence-corrected chi connectivity index (χ4v) is 2.75. The Morgan fingerprint density at radius 3 is 2.81 bits per heavy atom. The highest BCUT2D eigenvalue weighted by atomic mass is 16.6. The molecule has 1 N–H and O–H groups in total. The molecule has 1 aliphatic rings. The van der Waals surface area contributed by atoms with Crippen molar-refractivity contribution in [3.05, 3.63) is 27.9 Å². The summed E-state index contributed by atoms with van der Waals surface area (Å²) in [5.41, 5.74) is 0.855. The lowest BCUT2D eigenvalue weighted by Gasteiger charge is -2.29. The van der Waals surface area contributed by atoms with Gasteiger partial charge in [0.1, 0.15) is 0 Å². The van der Waals surface area contributed by atoms with Gasteiger partial charge in [0.05, 0.1) is 4.92 Å². The van der Waals surface area contributed by atoms with Crippen molar-refractivity contribution < 1.29 is 4.92 Å². The SMILES string of the molecule is Cc1cnc(NCC(C)CN2CCCCC2)c([N+](=O)[O-])c1. The smallest absolute Gasteiger partial charge is 0.311 e. The number of nitro groups is 1. The third kappa shape index (κ3) is 4.67. The standard InChI is InChI=1S/C15H24N4O2/c1-12-8-14(19(20)21)15(16-9-12)17-10-13(2)11-18-6-4-3-5-7-18/h8-9,13H,3-7,10-11H2,1-2H3,(H,16,17). The maximum atomic E-state index is 11.1. The van der Waals surface area contributed by atoms with E-state index in [-0.39, 0.29) is 10.6 Å². The fourth-order valence-electron chi connectivity index (χ4n) is 2.75. The van der Waals surface area contributed by atoms with Gasteiger partial charge in [-0.2, -0.15) is 0 Å². The monoisotopic (exact) mass is 292 g/mol. The van der Waals surface area contributed by atoms with E-state index in [2.05, 4.69) is 22.1 Å². The molecule has 0 spiro atoms. The first-order chi connectivity index (χ1) is 10.1. The number of aryl methyl sites for hydroxylation is 1. The molecule has 1 aliphatic heterocycles. The van der Waals surface area contributed by atoms with E-state index in [1.54, 1.807) is 12.3 Å². The number of aromatic nitrogens is 1. The summed E-state index contributed by atoms with van der Waals surface area (Å²) < 4.78 is 0. The second-order valence-electron chi connectivity index (χ2n) is 5.98. The summed E-state index contributed by atoms with van der Waals surface area (Å²) in [7, 11) is 0. The average molecular weight is 292 g/mol. The second-order valence-corrected chi connectivity index (χ2v) is 5.98. The van der Waals surface area contributed by atoms with Gasteiger partial charge < -0.3 is 10.2 Å². The maximum absolute atomic E-state index is 11.1. The van der Waals surface area contributed by atoms with E-state index in [0.717, 1.165) is 12.1 Å². The molecule has 2 rings (SSSR count). The Bertz CT molecular complexity index is 487. The Morgan fingerprint density at radius 1 is 1.43 bits per heavy atom. The van der Waals surface area contributed by atoms with Crippen LogP contribution < -0.4 is 5.32 Å². The topological polar surface area (TPSA) is 71.3 Å². The van der Waals surface area contributed by atoms with Crippen LogP contribution in [0.15, 0.2) is 12.3 Å².